The Hall–Kier alpha value is -2.25. The minimum atomic E-state index is -0.0667. The molecular formula is C21H23BrN4O2. The highest BCUT2D eigenvalue weighted by atomic mass is 79.9. The molecule has 0 spiro atoms. The molecular weight excluding hydrogens is 420 g/mol. The molecule has 2 atom stereocenters. The molecule has 7 heteroatoms. The van der Waals surface area contributed by atoms with Crippen LogP contribution in [-0.2, 0) is 11.8 Å². The van der Waals surface area contributed by atoms with Gasteiger partial charge in [0.15, 0.2) is 0 Å². The summed E-state index contributed by atoms with van der Waals surface area (Å²) < 4.78 is 8.89. The molecule has 0 bridgehead atoms. The number of rotatable bonds is 3. The Balaban J connectivity index is 1.64. The van der Waals surface area contributed by atoms with Gasteiger partial charge in [-0.1, -0.05) is 34.2 Å². The Bertz CT molecular complexity index is 955. The molecule has 2 aromatic rings. The van der Waals surface area contributed by atoms with Gasteiger partial charge in [0.25, 0.3) is 5.56 Å². The number of hydrogen-bond donors (Lipinski definition) is 0. The molecule has 3 heterocycles. The van der Waals surface area contributed by atoms with Gasteiger partial charge in [-0.05, 0) is 25.0 Å². The summed E-state index contributed by atoms with van der Waals surface area (Å²) in [5, 5.41) is 0. The molecule has 2 aromatic heterocycles. The van der Waals surface area contributed by atoms with Gasteiger partial charge in [-0.15, -0.1) is 0 Å². The van der Waals surface area contributed by atoms with Crippen LogP contribution >= 0.6 is 15.9 Å². The molecule has 2 aliphatic rings. The van der Waals surface area contributed by atoms with Crippen molar-refractivity contribution in [3.63, 3.8) is 0 Å². The van der Waals surface area contributed by atoms with Crippen molar-refractivity contribution in [3.05, 3.63) is 63.7 Å². The van der Waals surface area contributed by atoms with Crippen molar-refractivity contribution in [3.8, 4) is 11.3 Å². The van der Waals surface area contributed by atoms with E-state index in [1.165, 1.54) is 0 Å². The second-order valence-corrected chi connectivity index (χ2v) is 8.05. The van der Waals surface area contributed by atoms with Crippen molar-refractivity contribution < 1.29 is 4.74 Å². The Labute approximate surface area is 172 Å². The van der Waals surface area contributed by atoms with Crippen LogP contribution in [-0.4, -0.2) is 40.3 Å². The number of ether oxygens (including phenoxy) is 1. The van der Waals surface area contributed by atoms with E-state index in [0.717, 1.165) is 29.4 Å². The van der Waals surface area contributed by atoms with Crippen LogP contribution in [0, 0.1) is 5.92 Å². The van der Waals surface area contributed by atoms with E-state index in [-0.39, 0.29) is 11.7 Å². The molecule has 28 heavy (non-hydrogen) atoms. The Morgan fingerprint density at radius 1 is 1.29 bits per heavy atom. The Kier molecular flexibility index (Phi) is 5.73. The summed E-state index contributed by atoms with van der Waals surface area (Å²) in [6.45, 7) is 2.24. The number of nitrogens with zero attached hydrogens (tertiary/aromatic N) is 4. The summed E-state index contributed by atoms with van der Waals surface area (Å²) in [5.41, 5.74) is 1.50. The first kappa shape index (κ1) is 19.1. The topological polar surface area (TPSA) is 60.2 Å². The molecule has 1 fully saturated rings. The van der Waals surface area contributed by atoms with Gasteiger partial charge in [0.05, 0.1) is 11.8 Å². The monoisotopic (exact) mass is 442 g/mol. The average molecular weight is 443 g/mol. The zero-order valence-corrected chi connectivity index (χ0v) is 17.4. The van der Waals surface area contributed by atoms with E-state index in [2.05, 4.69) is 44.0 Å². The van der Waals surface area contributed by atoms with Gasteiger partial charge < -0.3 is 9.64 Å². The van der Waals surface area contributed by atoms with E-state index >= 15 is 0 Å². The van der Waals surface area contributed by atoms with Gasteiger partial charge in [0.1, 0.15) is 0 Å². The summed E-state index contributed by atoms with van der Waals surface area (Å²) in [6.07, 6.45) is 11.8. The summed E-state index contributed by atoms with van der Waals surface area (Å²) in [5.74, 6) is 1.01. The third-order valence-electron chi connectivity index (χ3n) is 5.24. The fraction of sp³-hybridized carbons (Fsp3) is 0.381. The minimum Gasteiger partial charge on any atom is -0.376 e. The molecule has 0 saturated carbocycles. The number of anilines is 1. The molecule has 2 unspecified atom stereocenters. The summed E-state index contributed by atoms with van der Waals surface area (Å²) in [6, 6.07) is 5.32. The Morgan fingerprint density at radius 2 is 2.11 bits per heavy atom. The highest BCUT2D eigenvalue weighted by molar-refractivity contribution is 9.11. The molecule has 0 radical (unpaired) electrons. The number of aromatic nitrogens is 3. The fourth-order valence-corrected chi connectivity index (χ4v) is 4.00. The zero-order valence-electron chi connectivity index (χ0n) is 15.8. The van der Waals surface area contributed by atoms with Crippen molar-refractivity contribution in [2.45, 2.75) is 18.9 Å². The van der Waals surface area contributed by atoms with E-state index in [9.17, 15) is 4.79 Å². The van der Waals surface area contributed by atoms with Gasteiger partial charge in [0, 0.05) is 61.2 Å². The van der Waals surface area contributed by atoms with E-state index < -0.39 is 0 Å². The maximum absolute atomic E-state index is 12.6. The van der Waals surface area contributed by atoms with Crippen molar-refractivity contribution in [2.75, 3.05) is 24.6 Å². The molecule has 146 valence electrons. The maximum Gasteiger partial charge on any atom is 0.255 e. The van der Waals surface area contributed by atoms with Gasteiger partial charge in [-0.3, -0.25) is 14.3 Å². The number of allylic oxidation sites excluding steroid dienone is 3. The lowest BCUT2D eigenvalue weighted by Gasteiger charge is -2.30. The normalized spacial score (nSPS) is 22.6. The Morgan fingerprint density at radius 3 is 2.86 bits per heavy atom. The van der Waals surface area contributed by atoms with Crippen LogP contribution in [0.15, 0.2) is 58.1 Å². The van der Waals surface area contributed by atoms with Crippen LogP contribution in [0.1, 0.15) is 12.8 Å². The molecule has 1 aliphatic heterocycles. The summed E-state index contributed by atoms with van der Waals surface area (Å²) in [7, 11) is 1.78. The molecule has 6 nitrogen and oxygen atoms in total. The first-order valence-electron chi connectivity index (χ1n) is 9.51. The lowest BCUT2D eigenvalue weighted by Crippen LogP contribution is -2.39. The van der Waals surface area contributed by atoms with Crippen molar-refractivity contribution in [2.24, 2.45) is 13.0 Å². The van der Waals surface area contributed by atoms with Crippen molar-refractivity contribution in [1.82, 2.24) is 14.5 Å². The maximum atomic E-state index is 12.6. The van der Waals surface area contributed by atoms with Crippen LogP contribution in [0.4, 0.5) is 5.95 Å². The SMILES string of the molecule is Cn1c(N2CCCOC(C3C=CC(Br)=CC3)C2)nc(-c2ccncc2)cc1=O. The smallest absolute Gasteiger partial charge is 0.255 e. The largest absolute Gasteiger partial charge is 0.376 e. The van der Waals surface area contributed by atoms with Crippen LogP contribution < -0.4 is 10.5 Å². The second-order valence-electron chi connectivity index (χ2n) is 7.13. The number of halogens is 1. The lowest BCUT2D eigenvalue weighted by molar-refractivity contribution is 0.0408. The van der Waals surface area contributed by atoms with E-state index in [1.54, 1.807) is 30.1 Å². The van der Waals surface area contributed by atoms with Gasteiger partial charge >= 0.3 is 0 Å². The van der Waals surface area contributed by atoms with Crippen LogP contribution in [0.3, 0.4) is 0 Å². The van der Waals surface area contributed by atoms with Gasteiger partial charge in [0.2, 0.25) is 5.95 Å². The molecule has 1 saturated heterocycles. The second kappa shape index (κ2) is 8.41. The molecule has 0 N–H and O–H groups in total. The first-order chi connectivity index (χ1) is 13.6. The zero-order chi connectivity index (χ0) is 19.5. The minimum absolute atomic E-state index is 0.0667. The summed E-state index contributed by atoms with van der Waals surface area (Å²) in [4.78, 5) is 23.7. The first-order valence-corrected chi connectivity index (χ1v) is 10.3. The third kappa shape index (κ3) is 4.10. The average Bonchev–Trinajstić information content (AvgIpc) is 2.97. The fourth-order valence-electron chi connectivity index (χ4n) is 3.66. The molecule has 0 aromatic carbocycles. The van der Waals surface area contributed by atoms with Gasteiger partial charge in [-0.2, -0.15) is 0 Å². The van der Waals surface area contributed by atoms with E-state index in [0.29, 0.717) is 30.7 Å². The highest BCUT2D eigenvalue weighted by Gasteiger charge is 2.28. The van der Waals surface area contributed by atoms with Crippen molar-refractivity contribution >= 4 is 21.9 Å². The van der Waals surface area contributed by atoms with Crippen LogP contribution in [0.5, 0.6) is 0 Å². The number of pyridine rings is 1. The molecule has 4 rings (SSSR count). The lowest BCUT2D eigenvalue weighted by atomic mass is 9.94. The van der Waals surface area contributed by atoms with E-state index in [4.69, 9.17) is 9.72 Å². The predicted molar refractivity (Wildman–Crippen MR) is 114 cm³/mol. The summed E-state index contributed by atoms with van der Waals surface area (Å²) >= 11 is 3.52. The molecule has 1 aliphatic carbocycles. The van der Waals surface area contributed by atoms with Crippen molar-refractivity contribution in [1.29, 1.82) is 0 Å². The van der Waals surface area contributed by atoms with Crippen LogP contribution in [0.25, 0.3) is 11.3 Å². The van der Waals surface area contributed by atoms with E-state index in [1.807, 2.05) is 12.1 Å². The standard InChI is InChI=1S/C21H23BrN4O2/c1-25-20(27)13-18(15-7-9-23-10-8-15)24-21(25)26-11-2-12-28-19(14-26)16-3-5-17(22)6-4-16/h3,5-10,13,16,19H,2,4,11-12,14H2,1H3. The number of hydrogen-bond acceptors (Lipinski definition) is 5. The molecule has 0 amide bonds. The van der Waals surface area contributed by atoms with Crippen LogP contribution in [0.2, 0.25) is 0 Å². The predicted octanol–water partition coefficient (Wildman–Crippen LogP) is 3.29. The van der Waals surface area contributed by atoms with Gasteiger partial charge in [-0.25, -0.2) is 4.98 Å². The quantitative estimate of drug-likeness (QED) is 0.729. The third-order valence-corrected chi connectivity index (χ3v) is 5.83. The highest BCUT2D eigenvalue weighted by Crippen LogP contribution is 2.27.